The first-order chi connectivity index (χ1) is 14.7. The van der Waals surface area contributed by atoms with Crippen molar-refractivity contribution < 1.29 is 0 Å². The molecule has 0 bridgehead atoms. The van der Waals surface area contributed by atoms with Crippen LogP contribution in [0.1, 0.15) is 40.8 Å². The molecule has 0 amide bonds. The van der Waals surface area contributed by atoms with Gasteiger partial charge in [0.2, 0.25) is 0 Å². The molecule has 4 aromatic carbocycles. The van der Waals surface area contributed by atoms with Gasteiger partial charge in [0.05, 0.1) is 5.54 Å². The summed E-state index contributed by atoms with van der Waals surface area (Å²) in [5.74, 6) is 0. The second kappa shape index (κ2) is 7.86. The topological polar surface area (TPSA) is 3.24 Å². The zero-order valence-corrected chi connectivity index (χ0v) is 18.6. The molecule has 0 unspecified atom stereocenters. The molecule has 0 aliphatic carbocycles. The van der Waals surface area contributed by atoms with Crippen LogP contribution in [-0.2, 0) is 12.1 Å². The van der Waals surface area contributed by atoms with E-state index < -0.39 is 0 Å². The molecule has 0 radical (unpaired) electrons. The molecular formula is C28H24BrN. The van der Waals surface area contributed by atoms with E-state index in [9.17, 15) is 0 Å². The highest BCUT2D eigenvalue weighted by Crippen LogP contribution is 2.50. The Hall–Kier alpha value is -2.68. The van der Waals surface area contributed by atoms with Crippen molar-refractivity contribution in [1.82, 2.24) is 4.90 Å². The number of benzene rings is 4. The minimum Gasteiger partial charge on any atom is -0.275 e. The maximum atomic E-state index is 3.67. The van der Waals surface area contributed by atoms with Gasteiger partial charge in [-0.05, 0) is 46.9 Å². The Kier molecular flexibility index (Phi) is 5.06. The molecule has 0 saturated carbocycles. The van der Waals surface area contributed by atoms with E-state index in [0.717, 1.165) is 11.0 Å². The Morgan fingerprint density at radius 1 is 0.700 bits per heavy atom. The number of fused-ring (bicyclic) bond motifs is 1. The van der Waals surface area contributed by atoms with Crippen LogP contribution in [0.2, 0.25) is 0 Å². The Morgan fingerprint density at radius 3 is 1.63 bits per heavy atom. The zero-order chi connectivity index (χ0) is 20.6. The fraction of sp³-hybridized carbons (Fsp3) is 0.143. The molecule has 2 heteroatoms. The summed E-state index contributed by atoms with van der Waals surface area (Å²) >= 11 is 3.67. The summed E-state index contributed by atoms with van der Waals surface area (Å²) in [4.78, 5) is 2.66. The maximum Gasteiger partial charge on any atom is 0.0980 e. The lowest BCUT2D eigenvalue weighted by Crippen LogP contribution is -2.46. The van der Waals surface area contributed by atoms with Crippen molar-refractivity contribution in [1.29, 1.82) is 0 Å². The smallest absolute Gasteiger partial charge is 0.0980 e. The molecule has 0 fully saturated rings. The Bertz CT molecular complexity index is 1040. The first-order valence-corrected chi connectivity index (χ1v) is 11.2. The fourth-order valence-corrected chi connectivity index (χ4v) is 5.46. The number of hydrogen-bond donors (Lipinski definition) is 0. The molecule has 0 saturated heterocycles. The molecule has 4 aromatic rings. The molecule has 0 spiro atoms. The van der Waals surface area contributed by atoms with Crippen LogP contribution in [0.3, 0.4) is 0 Å². The van der Waals surface area contributed by atoms with E-state index in [2.05, 4.69) is 137 Å². The van der Waals surface area contributed by atoms with Gasteiger partial charge in [0.25, 0.3) is 0 Å². The van der Waals surface area contributed by atoms with Gasteiger partial charge < -0.3 is 0 Å². The van der Waals surface area contributed by atoms with Gasteiger partial charge in [-0.1, -0.05) is 113 Å². The van der Waals surface area contributed by atoms with Crippen molar-refractivity contribution in [3.05, 3.63) is 141 Å². The van der Waals surface area contributed by atoms with Crippen molar-refractivity contribution >= 4 is 15.9 Å². The third kappa shape index (κ3) is 3.03. The largest absolute Gasteiger partial charge is 0.275 e. The van der Waals surface area contributed by atoms with Crippen LogP contribution in [0, 0.1) is 0 Å². The van der Waals surface area contributed by atoms with Crippen LogP contribution in [-0.4, -0.2) is 4.90 Å². The summed E-state index contributed by atoms with van der Waals surface area (Å²) in [6.45, 7) is 3.23. The van der Waals surface area contributed by atoms with Gasteiger partial charge in [0, 0.05) is 17.1 Å². The van der Waals surface area contributed by atoms with Crippen LogP contribution in [0.5, 0.6) is 0 Å². The average molecular weight is 454 g/mol. The van der Waals surface area contributed by atoms with Crippen LogP contribution in [0.15, 0.2) is 114 Å². The highest BCUT2D eigenvalue weighted by molar-refractivity contribution is 9.10. The monoisotopic (exact) mass is 453 g/mol. The number of rotatable bonds is 4. The molecular weight excluding hydrogens is 430 g/mol. The average Bonchev–Trinajstić information content (AvgIpc) is 3.12. The summed E-state index contributed by atoms with van der Waals surface area (Å²) in [7, 11) is 0. The summed E-state index contributed by atoms with van der Waals surface area (Å²) in [5, 5.41) is 0. The van der Waals surface area contributed by atoms with Gasteiger partial charge in [0.15, 0.2) is 0 Å². The lowest BCUT2D eigenvalue weighted by Gasteiger charge is -2.46. The van der Waals surface area contributed by atoms with E-state index in [-0.39, 0.29) is 11.6 Å². The van der Waals surface area contributed by atoms with E-state index in [1.54, 1.807) is 0 Å². The fourth-order valence-electron chi connectivity index (χ4n) is 5.05. The van der Waals surface area contributed by atoms with E-state index in [1.165, 1.54) is 27.8 Å². The van der Waals surface area contributed by atoms with Crippen LogP contribution >= 0.6 is 15.9 Å². The SMILES string of the molecule is C[C@@H]1c2ccc(Br)cc2CN1C(c1ccccc1)(c1ccccc1)c1ccccc1. The third-order valence-electron chi connectivity index (χ3n) is 6.37. The van der Waals surface area contributed by atoms with Gasteiger partial charge in [-0.2, -0.15) is 0 Å². The first kappa shape index (κ1) is 19.3. The number of nitrogens with zero attached hydrogens (tertiary/aromatic N) is 1. The highest BCUT2D eigenvalue weighted by atomic mass is 79.9. The molecule has 1 heterocycles. The number of halogens is 1. The molecule has 1 nitrogen and oxygen atoms in total. The van der Waals surface area contributed by atoms with Crippen molar-refractivity contribution in [2.75, 3.05) is 0 Å². The second-order valence-electron chi connectivity index (χ2n) is 7.96. The molecule has 0 N–H and O–H groups in total. The maximum absolute atomic E-state index is 3.67. The van der Waals surface area contributed by atoms with Gasteiger partial charge in [-0.15, -0.1) is 0 Å². The highest BCUT2D eigenvalue weighted by Gasteiger charge is 2.47. The van der Waals surface area contributed by atoms with Gasteiger partial charge >= 0.3 is 0 Å². The summed E-state index contributed by atoms with van der Waals surface area (Å²) in [6, 6.07) is 39.8. The molecule has 0 aromatic heterocycles. The van der Waals surface area contributed by atoms with Crippen LogP contribution < -0.4 is 0 Å². The quantitative estimate of drug-likeness (QED) is 0.292. The Labute approximate surface area is 187 Å². The van der Waals surface area contributed by atoms with E-state index >= 15 is 0 Å². The first-order valence-electron chi connectivity index (χ1n) is 10.4. The molecule has 148 valence electrons. The lowest BCUT2D eigenvalue weighted by molar-refractivity contribution is 0.118. The summed E-state index contributed by atoms with van der Waals surface area (Å²) in [6.07, 6.45) is 0. The van der Waals surface area contributed by atoms with E-state index in [4.69, 9.17) is 0 Å². The van der Waals surface area contributed by atoms with Crippen molar-refractivity contribution in [2.45, 2.75) is 25.0 Å². The van der Waals surface area contributed by atoms with Crippen molar-refractivity contribution in [3.8, 4) is 0 Å². The van der Waals surface area contributed by atoms with Gasteiger partial charge in [0.1, 0.15) is 0 Å². The Morgan fingerprint density at radius 2 is 1.17 bits per heavy atom. The third-order valence-corrected chi connectivity index (χ3v) is 6.86. The molecule has 1 aliphatic heterocycles. The van der Waals surface area contributed by atoms with Gasteiger partial charge in [-0.3, -0.25) is 4.90 Å². The minimum absolute atomic E-state index is 0.286. The molecule has 1 atom stereocenters. The van der Waals surface area contributed by atoms with Crippen molar-refractivity contribution in [3.63, 3.8) is 0 Å². The Balaban J connectivity index is 1.81. The summed E-state index contributed by atoms with van der Waals surface area (Å²) < 4.78 is 1.14. The lowest BCUT2D eigenvalue weighted by atomic mass is 9.75. The zero-order valence-electron chi connectivity index (χ0n) is 17.0. The number of hydrogen-bond acceptors (Lipinski definition) is 1. The molecule has 30 heavy (non-hydrogen) atoms. The summed E-state index contributed by atoms with van der Waals surface area (Å²) in [5.41, 5.74) is 6.30. The van der Waals surface area contributed by atoms with E-state index in [1.807, 2.05) is 0 Å². The van der Waals surface area contributed by atoms with Crippen LogP contribution in [0.25, 0.3) is 0 Å². The molecule has 1 aliphatic rings. The predicted octanol–water partition coefficient (Wildman–Crippen LogP) is 7.32. The predicted molar refractivity (Wildman–Crippen MR) is 127 cm³/mol. The minimum atomic E-state index is -0.380. The van der Waals surface area contributed by atoms with Crippen molar-refractivity contribution in [2.24, 2.45) is 0 Å². The second-order valence-corrected chi connectivity index (χ2v) is 8.87. The van der Waals surface area contributed by atoms with Crippen LogP contribution in [0.4, 0.5) is 0 Å². The normalized spacial score (nSPS) is 16.4. The van der Waals surface area contributed by atoms with Gasteiger partial charge in [-0.25, -0.2) is 0 Å². The van der Waals surface area contributed by atoms with E-state index in [0.29, 0.717) is 0 Å². The standard InChI is InChI=1S/C28H24BrN/c1-21-27-18-17-26(29)19-22(27)20-30(21)28(23-11-5-2-6-12-23,24-13-7-3-8-14-24)25-15-9-4-10-16-25/h2-19,21H,20H2,1H3/t21-/m1/s1. The molecule has 5 rings (SSSR count).